The zero-order valence-corrected chi connectivity index (χ0v) is 24.4. The van der Waals surface area contributed by atoms with E-state index in [1.165, 1.54) is 71.1 Å². The van der Waals surface area contributed by atoms with Crippen molar-refractivity contribution in [3.8, 4) is 11.1 Å². The summed E-state index contributed by atoms with van der Waals surface area (Å²) in [5, 5.41) is 7.84. The SMILES string of the molecule is CC1(C)c2ccc(B3OC(C)(C)C(C)(C)O3)cc2-c2c1ccc1cc3c(cc21)c1cccc2c4ccccc4n3c21. The van der Waals surface area contributed by atoms with E-state index in [-0.39, 0.29) is 23.7 Å². The number of hydrogen-bond acceptors (Lipinski definition) is 2. The zero-order chi connectivity index (χ0) is 28.1. The highest BCUT2D eigenvalue weighted by molar-refractivity contribution is 6.62. The van der Waals surface area contributed by atoms with Crippen molar-refractivity contribution in [1.29, 1.82) is 0 Å². The van der Waals surface area contributed by atoms with E-state index in [1.54, 1.807) is 0 Å². The molecule has 3 heterocycles. The quantitative estimate of drug-likeness (QED) is 0.197. The fourth-order valence-electron chi connectivity index (χ4n) is 7.64. The third-order valence-electron chi connectivity index (χ3n) is 10.5. The molecule has 41 heavy (non-hydrogen) atoms. The van der Waals surface area contributed by atoms with Gasteiger partial charge in [-0.2, -0.15) is 0 Å². The maximum atomic E-state index is 6.47. The minimum Gasteiger partial charge on any atom is -0.399 e. The van der Waals surface area contributed by atoms with Crippen molar-refractivity contribution in [3.63, 3.8) is 0 Å². The van der Waals surface area contributed by atoms with E-state index >= 15 is 0 Å². The van der Waals surface area contributed by atoms with Crippen LogP contribution < -0.4 is 5.46 Å². The molecule has 2 aliphatic rings. The molecule has 0 N–H and O–H groups in total. The lowest BCUT2D eigenvalue weighted by molar-refractivity contribution is 0.00578. The molecular weight excluding hydrogens is 501 g/mol. The molecule has 1 saturated heterocycles. The van der Waals surface area contributed by atoms with Crippen molar-refractivity contribution in [2.24, 2.45) is 0 Å². The summed E-state index contributed by atoms with van der Waals surface area (Å²) in [5.74, 6) is 0. The van der Waals surface area contributed by atoms with Crippen molar-refractivity contribution in [2.75, 3.05) is 0 Å². The van der Waals surface area contributed by atoms with Crippen LogP contribution in [-0.2, 0) is 14.7 Å². The van der Waals surface area contributed by atoms with Crippen LogP contribution in [0.5, 0.6) is 0 Å². The zero-order valence-electron chi connectivity index (χ0n) is 24.4. The van der Waals surface area contributed by atoms with Crippen LogP contribution in [0.15, 0.2) is 84.9 Å². The van der Waals surface area contributed by atoms with Crippen molar-refractivity contribution in [3.05, 3.63) is 96.1 Å². The van der Waals surface area contributed by atoms with Gasteiger partial charge in [-0.15, -0.1) is 0 Å². The van der Waals surface area contributed by atoms with E-state index in [4.69, 9.17) is 9.31 Å². The van der Waals surface area contributed by atoms with Crippen molar-refractivity contribution >= 4 is 61.4 Å². The molecule has 9 rings (SSSR count). The van der Waals surface area contributed by atoms with Gasteiger partial charge in [0, 0.05) is 27.0 Å². The molecule has 7 aromatic rings. The Morgan fingerprint density at radius 3 is 2.05 bits per heavy atom. The summed E-state index contributed by atoms with van der Waals surface area (Å²) in [6.45, 7) is 13.2. The van der Waals surface area contributed by atoms with E-state index < -0.39 is 0 Å². The fraction of sp³-hybridized carbons (Fsp3) is 0.243. The summed E-state index contributed by atoms with van der Waals surface area (Å²) in [6, 6.07) is 31.9. The molecule has 0 bridgehead atoms. The lowest BCUT2D eigenvalue weighted by atomic mass is 9.76. The molecule has 1 fully saturated rings. The minimum atomic E-state index is -0.381. The van der Waals surface area contributed by atoms with Gasteiger partial charge in [-0.25, -0.2) is 0 Å². The Balaban J connectivity index is 1.33. The average molecular weight is 533 g/mol. The molecule has 3 nitrogen and oxygen atoms in total. The van der Waals surface area contributed by atoms with Gasteiger partial charge in [-0.05, 0) is 84.4 Å². The van der Waals surface area contributed by atoms with Crippen molar-refractivity contribution < 1.29 is 9.31 Å². The van der Waals surface area contributed by atoms with E-state index in [1.807, 2.05) is 0 Å². The Morgan fingerprint density at radius 1 is 0.585 bits per heavy atom. The Morgan fingerprint density at radius 2 is 1.27 bits per heavy atom. The molecule has 0 saturated carbocycles. The van der Waals surface area contributed by atoms with Gasteiger partial charge in [0.15, 0.2) is 0 Å². The molecule has 0 amide bonds. The first-order chi connectivity index (χ1) is 19.6. The average Bonchev–Trinajstić information content (AvgIpc) is 3.60. The molecule has 200 valence electrons. The lowest BCUT2D eigenvalue weighted by Gasteiger charge is -2.32. The van der Waals surface area contributed by atoms with E-state index in [0.29, 0.717) is 0 Å². The number of hydrogen-bond donors (Lipinski definition) is 0. The number of para-hydroxylation sites is 2. The normalized spacial score (nSPS) is 18.8. The van der Waals surface area contributed by atoms with Crippen LogP contribution >= 0.6 is 0 Å². The van der Waals surface area contributed by atoms with Crippen molar-refractivity contribution in [2.45, 2.75) is 58.2 Å². The Kier molecular flexibility index (Phi) is 4.25. The predicted molar refractivity (Wildman–Crippen MR) is 172 cm³/mol. The van der Waals surface area contributed by atoms with E-state index in [0.717, 1.165) is 5.46 Å². The van der Waals surface area contributed by atoms with E-state index in [2.05, 4.69) is 131 Å². The van der Waals surface area contributed by atoms with Crippen LogP contribution in [0.25, 0.3) is 60.0 Å². The summed E-state index contributed by atoms with van der Waals surface area (Å²) in [6.07, 6.45) is 0. The highest BCUT2D eigenvalue weighted by Crippen LogP contribution is 2.52. The first-order valence-corrected chi connectivity index (χ1v) is 14.7. The van der Waals surface area contributed by atoms with Crippen LogP contribution in [0.2, 0.25) is 0 Å². The molecule has 2 aromatic heterocycles. The Labute approximate surface area is 240 Å². The lowest BCUT2D eigenvalue weighted by Crippen LogP contribution is -2.41. The second-order valence-electron chi connectivity index (χ2n) is 13.7. The largest absolute Gasteiger partial charge is 0.494 e. The standard InChI is InChI=1S/C37H32BNO2/c1-35(2)29-17-15-22(38-40-36(3,4)37(5,6)41-38)19-28(29)33-26-20-27-25-12-9-11-24-23-10-7-8-13-31(23)39(34(24)25)32(27)18-21(26)14-16-30(33)35/h7-20H,1-6H3. The van der Waals surface area contributed by atoms with Crippen LogP contribution in [-0.4, -0.2) is 22.7 Å². The summed E-state index contributed by atoms with van der Waals surface area (Å²) in [5.41, 5.74) is 9.49. The number of rotatable bonds is 1. The van der Waals surface area contributed by atoms with Gasteiger partial charge in [0.1, 0.15) is 0 Å². The molecule has 1 aliphatic carbocycles. The fourth-order valence-corrected chi connectivity index (χ4v) is 7.64. The predicted octanol–water partition coefficient (Wildman–Crippen LogP) is 8.60. The van der Waals surface area contributed by atoms with Crippen LogP contribution in [0.1, 0.15) is 52.7 Å². The number of fused-ring (bicyclic) bond motifs is 11. The first-order valence-electron chi connectivity index (χ1n) is 14.7. The van der Waals surface area contributed by atoms with Gasteiger partial charge >= 0.3 is 7.12 Å². The van der Waals surface area contributed by atoms with E-state index in [9.17, 15) is 0 Å². The first kappa shape index (κ1) is 23.8. The van der Waals surface area contributed by atoms with Crippen molar-refractivity contribution in [1.82, 2.24) is 4.40 Å². The number of nitrogens with zero attached hydrogens (tertiary/aromatic N) is 1. The summed E-state index contributed by atoms with van der Waals surface area (Å²) in [7, 11) is -0.381. The molecule has 5 aromatic carbocycles. The monoisotopic (exact) mass is 533 g/mol. The molecule has 4 heteroatoms. The smallest absolute Gasteiger partial charge is 0.399 e. The topological polar surface area (TPSA) is 22.9 Å². The van der Waals surface area contributed by atoms with Gasteiger partial charge in [-0.1, -0.05) is 80.6 Å². The highest BCUT2D eigenvalue weighted by Gasteiger charge is 2.52. The molecule has 0 spiro atoms. The summed E-state index contributed by atoms with van der Waals surface area (Å²) in [4.78, 5) is 0. The van der Waals surface area contributed by atoms with Crippen LogP contribution in [0.4, 0.5) is 0 Å². The second kappa shape index (κ2) is 7.31. The van der Waals surface area contributed by atoms with Gasteiger partial charge in [0.05, 0.1) is 27.8 Å². The molecule has 0 radical (unpaired) electrons. The second-order valence-corrected chi connectivity index (χ2v) is 13.7. The summed E-state index contributed by atoms with van der Waals surface area (Å²) >= 11 is 0. The maximum Gasteiger partial charge on any atom is 0.494 e. The highest BCUT2D eigenvalue weighted by atomic mass is 16.7. The minimum absolute atomic E-state index is 0.0895. The number of aromatic nitrogens is 1. The molecular formula is C37H32BNO2. The van der Waals surface area contributed by atoms with Crippen LogP contribution in [0.3, 0.4) is 0 Å². The Hall–Kier alpha value is -3.86. The maximum absolute atomic E-state index is 6.47. The summed E-state index contributed by atoms with van der Waals surface area (Å²) < 4.78 is 15.4. The van der Waals surface area contributed by atoms with Gasteiger partial charge < -0.3 is 13.7 Å². The molecule has 0 unspecified atom stereocenters. The third kappa shape index (κ3) is 2.82. The Bertz CT molecular complexity index is 2240. The third-order valence-corrected chi connectivity index (χ3v) is 10.5. The van der Waals surface area contributed by atoms with Gasteiger partial charge in [0.2, 0.25) is 0 Å². The van der Waals surface area contributed by atoms with Gasteiger partial charge in [0.25, 0.3) is 0 Å². The molecule has 0 atom stereocenters. The number of benzene rings is 5. The van der Waals surface area contributed by atoms with Crippen LogP contribution in [0, 0.1) is 0 Å². The molecule has 1 aliphatic heterocycles. The van der Waals surface area contributed by atoms with Gasteiger partial charge in [-0.3, -0.25) is 0 Å².